The first kappa shape index (κ1) is 25.3. The number of nitrogens with two attached hydrogens (primary N) is 1. The van der Waals surface area contributed by atoms with Crippen LogP contribution in [0, 0.1) is 23.7 Å². The van der Waals surface area contributed by atoms with Crippen molar-refractivity contribution < 1.29 is 34.2 Å². The average molecular weight is 525 g/mol. The van der Waals surface area contributed by atoms with Gasteiger partial charge in [-0.15, -0.1) is 0 Å². The number of Topliss-reactive ketones (excluding diaryl/α,β-unsaturated/α-hetero) is 4. The molecule has 6 atom stereocenters. The van der Waals surface area contributed by atoms with Crippen LogP contribution in [-0.2, 0) is 25.6 Å². The quantitative estimate of drug-likeness (QED) is 0.506. The molecule has 2 unspecified atom stereocenters. The first-order valence-corrected chi connectivity index (χ1v) is 12.2. The molecule has 9 nitrogen and oxygen atoms in total. The number of halogens is 1. The number of phenols is 1. The smallest absolute Gasteiger partial charge is 0.235 e. The van der Waals surface area contributed by atoms with Crippen LogP contribution in [0.2, 0.25) is 5.02 Å². The second-order valence-electron chi connectivity index (χ2n) is 10.3. The molecule has 0 saturated heterocycles. The van der Waals surface area contributed by atoms with Gasteiger partial charge in [0.25, 0.3) is 0 Å². The molecule has 5 rings (SSSR count). The zero-order valence-electron chi connectivity index (χ0n) is 20.1. The van der Waals surface area contributed by atoms with Crippen molar-refractivity contribution in [3.05, 3.63) is 52.5 Å². The lowest BCUT2D eigenvalue weighted by Gasteiger charge is -2.52. The standard InChI is InChI=1S/C27H25ClN2O7/c1-30(2)21-16-10-12-9-15-14(11-3-5-13(28)6-4-11)7-8-17(31)19(15)22(32)18(12)24(34)27(16,37)25(35)20(23(21)33)26(29)36/h3-8,12,16,18,20-21,31,37H,9-10H2,1-2H3,(H2,29,36)/t12-,16-,18?,20?,21-,27-/m0/s1. The molecule has 2 aromatic rings. The van der Waals surface area contributed by atoms with Crippen molar-refractivity contribution in [2.75, 3.05) is 14.1 Å². The molecule has 10 heteroatoms. The van der Waals surface area contributed by atoms with Crippen molar-refractivity contribution in [1.82, 2.24) is 4.90 Å². The van der Waals surface area contributed by atoms with E-state index in [0.29, 0.717) is 16.1 Å². The van der Waals surface area contributed by atoms with Gasteiger partial charge in [0.2, 0.25) is 5.91 Å². The minimum absolute atomic E-state index is 0.000388. The van der Waals surface area contributed by atoms with Gasteiger partial charge in [-0.3, -0.25) is 28.9 Å². The molecule has 2 aromatic carbocycles. The van der Waals surface area contributed by atoms with Crippen LogP contribution in [-0.4, -0.2) is 69.9 Å². The molecule has 0 bridgehead atoms. The maximum absolute atomic E-state index is 13.8. The highest BCUT2D eigenvalue weighted by atomic mass is 35.5. The molecule has 1 amide bonds. The van der Waals surface area contributed by atoms with E-state index in [0.717, 1.165) is 5.56 Å². The highest BCUT2D eigenvalue weighted by Crippen LogP contribution is 2.51. The molecule has 3 aliphatic rings. The summed E-state index contributed by atoms with van der Waals surface area (Å²) in [5, 5.41) is 22.8. The van der Waals surface area contributed by atoms with Crippen molar-refractivity contribution in [2.24, 2.45) is 29.4 Å². The Labute approximate surface area is 217 Å². The number of hydrogen-bond donors (Lipinski definition) is 3. The number of phenolic OH excluding ortho intramolecular Hbond substituents is 1. The van der Waals surface area contributed by atoms with Crippen LogP contribution in [0.1, 0.15) is 22.3 Å². The molecule has 3 aliphatic carbocycles. The third-order valence-corrected chi connectivity index (χ3v) is 8.35. The van der Waals surface area contributed by atoms with Gasteiger partial charge in [0.05, 0.1) is 17.5 Å². The van der Waals surface area contributed by atoms with Crippen LogP contribution in [0.4, 0.5) is 0 Å². The summed E-state index contributed by atoms with van der Waals surface area (Å²) in [6.07, 6.45) is 0.192. The zero-order chi connectivity index (χ0) is 27.0. The number of carbonyl (C=O) groups excluding carboxylic acids is 5. The van der Waals surface area contributed by atoms with E-state index >= 15 is 0 Å². The fourth-order valence-electron chi connectivity index (χ4n) is 6.50. The summed E-state index contributed by atoms with van der Waals surface area (Å²) in [4.78, 5) is 67.5. The van der Waals surface area contributed by atoms with Crippen molar-refractivity contribution in [1.29, 1.82) is 0 Å². The van der Waals surface area contributed by atoms with Crippen molar-refractivity contribution in [2.45, 2.75) is 24.5 Å². The van der Waals surface area contributed by atoms with Crippen molar-refractivity contribution in [3.63, 3.8) is 0 Å². The fourth-order valence-corrected chi connectivity index (χ4v) is 6.63. The number of carbonyl (C=O) groups is 5. The lowest BCUT2D eigenvalue weighted by Crippen LogP contribution is -2.74. The Morgan fingerprint density at radius 1 is 1.05 bits per heavy atom. The number of aromatic hydroxyl groups is 1. The van der Waals surface area contributed by atoms with Gasteiger partial charge >= 0.3 is 0 Å². The van der Waals surface area contributed by atoms with E-state index in [1.165, 1.54) is 11.0 Å². The molecule has 0 radical (unpaired) electrons. The van der Waals surface area contributed by atoms with Gasteiger partial charge in [0, 0.05) is 10.9 Å². The Morgan fingerprint density at radius 2 is 1.70 bits per heavy atom. The highest BCUT2D eigenvalue weighted by Gasteiger charge is 2.69. The first-order chi connectivity index (χ1) is 17.4. The van der Waals surface area contributed by atoms with Crippen LogP contribution in [0.25, 0.3) is 11.1 Å². The lowest BCUT2D eigenvalue weighted by atomic mass is 9.52. The molecule has 0 aliphatic heterocycles. The van der Waals surface area contributed by atoms with Gasteiger partial charge in [-0.25, -0.2) is 0 Å². The Balaban J connectivity index is 1.66. The highest BCUT2D eigenvalue weighted by molar-refractivity contribution is 6.32. The van der Waals surface area contributed by atoms with Crippen LogP contribution in [0.5, 0.6) is 5.75 Å². The minimum atomic E-state index is -2.74. The van der Waals surface area contributed by atoms with E-state index in [9.17, 15) is 34.2 Å². The van der Waals surface area contributed by atoms with Gasteiger partial charge in [0.1, 0.15) is 5.75 Å². The Kier molecular flexibility index (Phi) is 5.86. The van der Waals surface area contributed by atoms with E-state index in [4.69, 9.17) is 17.3 Å². The number of ketones is 4. The number of nitrogens with zero attached hydrogens (tertiary/aromatic N) is 1. The summed E-state index contributed by atoms with van der Waals surface area (Å²) in [5.74, 6) is -10.6. The monoisotopic (exact) mass is 524 g/mol. The summed E-state index contributed by atoms with van der Waals surface area (Å²) in [6, 6.07) is 8.86. The third-order valence-electron chi connectivity index (χ3n) is 8.10. The molecule has 2 saturated carbocycles. The Morgan fingerprint density at radius 3 is 2.30 bits per heavy atom. The first-order valence-electron chi connectivity index (χ1n) is 11.8. The van der Waals surface area contributed by atoms with Gasteiger partial charge in [-0.1, -0.05) is 29.8 Å². The summed E-state index contributed by atoms with van der Waals surface area (Å²) in [7, 11) is 3.09. The molecule has 0 aromatic heterocycles. The number of likely N-dealkylation sites (N-methyl/N-ethyl adjacent to an activating group) is 1. The molecular weight excluding hydrogens is 500 g/mol. The number of fused-ring (bicyclic) bond motifs is 3. The van der Waals surface area contributed by atoms with E-state index < -0.39 is 64.4 Å². The summed E-state index contributed by atoms with van der Waals surface area (Å²) in [6.45, 7) is 0. The maximum atomic E-state index is 13.8. The zero-order valence-corrected chi connectivity index (χ0v) is 20.9. The van der Waals surface area contributed by atoms with Crippen LogP contribution < -0.4 is 5.73 Å². The van der Waals surface area contributed by atoms with Gasteiger partial charge < -0.3 is 15.9 Å². The molecule has 4 N–H and O–H groups in total. The molecule has 192 valence electrons. The van der Waals surface area contributed by atoms with Gasteiger partial charge in [0.15, 0.2) is 34.7 Å². The third kappa shape index (κ3) is 3.48. The van der Waals surface area contributed by atoms with Crippen LogP contribution in [0.15, 0.2) is 36.4 Å². The Bertz CT molecular complexity index is 1390. The van der Waals surface area contributed by atoms with Crippen LogP contribution >= 0.6 is 11.6 Å². The average Bonchev–Trinajstić information content (AvgIpc) is 2.82. The second-order valence-corrected chi connectivity index (χ2v) is 10.7. The van der Waals surface area contributed by atoms with Crippen molar-refractivity contribution >= 4 is 40.6 Å². The number of hydrogen-bond acceptors (Lipinski definition) is 8. The summed E-state index contributed by atoms with van der Waals surface area (Å²) in [5.41, 5.74) is 4.52. The van der Waals surface area contributed by atoms with E-state index in [1.54, 1.807) is 44.4 Å². The number of rotatable bonds is 3. The molecule has 0 heterocycles. The fraction of sp³-hybridized carbons (Fsp3) is 0.370. The van der Waals surface area contributed by atoms with Gasteiger partial charge in [-0.05, 0) is 67.7 Å². The predicted molar refractivity (Wildman–Crippen MR) is 132 cm³/mol. The molecule has 2 fully saturated rings. The minimum Gasteiger partial charge on any atom is -0.507 e. The maximum Gasteiger partial charge on any atom is 0.235 e. The largest absolute Gasteiger partial charge is 0.507 e. The Hall–Kier alpha value is -3.40. The molecule has 37 heavy (non-hydrogen) atoms. The van der Waals surface area contributed by atoms with E-state index in [-0.39, 0.29) is 24.2 Å². The topological polar surface area (TPSA) is 155 Å². The van der Waals surface area contributed by atoms with E-state index in [1.807, 2.05) is 0 Å². The van der Waals surface area contributed by atoms with Crippen molar-refractivity contribution in [3.8, 4) is 16.9 Å². The SMILES string of the molecule is CN(C)[C@@H]1C(=O)C(C(N)=O)C(=O)[C@@]2(O)C(=O)C3C(=O)c4c(O)ccc(-c5ccc(Cl)cc5)c4C[C@H]3C[C@@H]12. The summed E-state index contributed by atoms with van der Waals surface area (Å²) < 4.78 is 0. The number of benzene rings is 2. The van der Waals surface area contributed by atoms with Crippen LogP contribution in [0.3, 0.4) is 0 Å². The van der Waals surface area contributed by atoms with E-state index in [2.05, 4.69) is 0 Å². The number of primary amides is 1. The molecular formula is C27H25ClN2O7. The summed E-state index contributed by atoms with van der Waals surface area (Å²) >= 11 is 6.03. The van der Waals surface area contributed by atoms with Gasteiger partial charge in [-0.2, -0.15) is 0 Å². The number of amides is 1. The number of aliphatic hydroxyl groups is 1. The lowest BCUT2D eigenvalue weighted by molar-refractivity contribution is -0.181. The predicted octanol–water partition coefficient (Wildman–Crippen LogP) is 1.19. The second kappa shape index (κ2) is 8.58. The normalized spacial score (nSPS) is 31.1. The molecule has 0 spiro atoms.